The predicted octanol–water partition coefficient (Wildman–Crippen LogP) is 2.50. The molecule has 0 bridgehead atoms. The molecule has 0 aromatic carbocycles. The normalized spacial score (nSPS) is 18.6. The Morgan fingerprint density at radius 1 is 1.47 bits per heavy atom. The number of anilines is 1. The summed E-state index contributed by atoms with van der Waals surface area (Å²) in [4.78, 5) is 10.6. The fourth-order valence-corrected chi connectivity index (χ4v) is 2.03. The Balaban J connectivity index is 2.12. The first-order chi connectivity index (χ1) is 8.07. The van der Waals surface area contributed by atoms with Crippen molar-refractivity contribution in [3.63, 3.8) is 0 Å². The smallest absolute Gasteiger partial charge is 0.218 e. The highest BCUT2D eigenvalue weighted by Crippen LogP contribution is 2.50. The van der Waals surface area contributed by atoms with E-state index in [0.29, 0.717) is 23.9 Å². The maximum absolute atomic E-state index is 5.40. The Labute approximate surface area is 103 Å². The van der Waals surface area contributed by atoms with Crippen LogP contribution in [0.4, 0.5) is 5.82 Å². The van der Waals surface area contributed by atoms with Crippen LogP contribution in [-0.2, 0) is 0 Å². The number of hydrogen-bond acceptors (Lipinski definition) is 4. The molecule has 1 fully saturated rings. The van der Waals surface area contributed by atoms with Gasteiger partial charge in [0.2, 0.25) is 5.88 Å². The minimum Gasteiger partial charge on any atom is -0.478 e. The van der Waals surface area contributed by atoms with Crippen LogP contribution in [0.3, 0.4) is 0 Å². The summed E-state index contributed by atoms with van der Waals surface area (Å²) in [5.41, 5.74) is 0.450. The molecular weight excluding hydrogens is 214 g/mol. The third-order valence-electron chi connectivity index (χ3n) is 3.91. The standard InChI is InChI=1S/C13H21N3O/c1-5-17-12-8-11(14-9-15-12)16(4)10(2)13(3)6-7-13/h8-10H,5-7H2,1-4H3. The van der Waals surface area contributed by atoms with Crippen molar-refractivity contribution >= 4 is 5.82 Å². The van der Waals surface area contributed by atoms with E-state index in [1.54, 1.807) is 6.33 Å². The van der Waals surface area contributed by atoms with E-state index in [2.05, 4.69) is 35.8 Å². The van der Waals surface area contributed by atoms with E-state index < -0.39 is 0 Å². The van der Waals surface area contributed by atoms with Crippen molar-refractivity contribution in [2.24, 2.45) is 5.41 Å². The summed E-state index contributed by atoms with van der Waals surface area (Å²) >= 11 is 0. The summed E-state index contributed by atoms with van der Waals surface area (Å²) in [6.07, 6.45) is 4.18. The molecule has 0 aliphatic heterocycles. The van der Waals surface area contributed by atoms with Crippen molar-refractivity contribution < 1.29 is 4.74 Å². The van der Waals surface area contributed by atoms with Crippen LogP contribution in [0.2, 0.25) is 0 Å². The molecule has 0 amide bonds. The second-order valence-electron chi connectivity index (χ2n) is 5.09. The highest BCUT2D eigenvalue weighted by molar-refractivity contribution is 5.41. The second kappa shape index (κ2) is 4.51. The SMILES string of the molecule is CCOc1cc(N(C)C(C)C2(C)CC2)ncn1. The number of aromatic nitrogens is 2. The molecule has 1 aromatic heterocycles. The van der Waals surface area contributed by atoms with Gasteiger partial charge < -0.3 is 9.64 Å². The van der Waals surface area contributed by atoms with Crippen LogP contribution < -0.4 is 9.64 Å². The van der Waals surface area contributed by atoms with Gasteiger partial charge in [0.05, 0.1) is 6.61 Å². The molecule has 1 aromatic rings. The zero-order valence-electron chi connectivity index (χ0n) is 11.1. The van der Waals surface area contributed by atoms with Gasteiger partial charge in [-0.1, -0.05) is 6.92 Å². The van der Waals surface area contributed by atoms with E-state index >= 15 is 0 Å². The third-order valence-corrected chi connectivity index (χ3v) is 3.91. The molecule has 94 valence electrons. The van der Waals surface area contributed by atoms with Crippen LogP contribution in [0.1, 0.15) is 33.6 Å². The van der Waals surface area contributed by atoms with Crippen molar-refractivity contribution in [2.45, 2.75) is 39.7 Å². The van der Waals surface area contributed by atoms with Gasteiger partial charge in [0, 0.05) is 19.2 Å². The molecule has 0 saturated heterocycles. The summed E-state index contributed by atoms with van der Waals surface area (Å²) in [6.45, 7) is 7.18. The van der Waals surface area contributed by atoms with Crippen LogP contribution >= 0.6 is 0 Å². The molecule has 17 heavy (non-hydrogen) atoms. The van der Waals surface area contributed by atoms with Gasteiger partial charge in [0.15, 0.2) is 0 Å². The summed E-state index contributed by atoms with van der Waals surface area (Å²) < 4.78 is 5.40. The van der Waals surface area contributed by atoms with Crippen molar-refractivity contribution in [3.05, 3.63) is 12.4 Å². The number of hydrogen-bond donors (Lipinski definition) is 0. The average molecular weight is 235 g/mol. The van der Waals surface area contributed by atoms with E-state index in [-0.39, 0.29) is 0 Å². The van der Waals surface area contributed by atoms with Crippen molar-refractivity contribution in [1.82, 2.24) is 9.97 Å². The Morgan fingerprint density at radius 3 is 2.76 bits per heavy atom. The number of nitrogens with zero attached hydrogens (tertiary/aromatic N) is 3. The first-order valence-corrected chi connectivity index (χ1v) is 6.24. The molecule has 2 rings (SSSR count). The maximum Gasteiger partial charge on any atom is 0.218 e. The van der Waals surface area contributed by atoms with Crippen LogP contribution in [0.15, 0.2) is 12.4 Å². The molecule has 1 atom stereocenters. The largest absolute Gasteiger partial charge is 0.478 e. The first-order valence-electron chi connectivity index (χ1n) is 6.24. The Morgan fingerprint density at radius 2 is 2.18 bits per heavy atom. The predicted molar refractivity (Wildman–Crippen MR) is 68.4 cm³/mol. The molecule has 1 unspecified atom stereocenters. The van der Waals surface area contributed by atoms with Crippen molar-refractivity contribution in [2.75, 3.05) is 18.6 Å². The molecule has 1 saturated carbocycles. The minimum absolute atomic E-state index is 0.450. The van der Waals surface area contributed by atoms with Crippen LogP contribution in [0, 0.1) is 5.41 Å². The fourth-order valence-electron chi connectivity index (χ4n) is 2.03. The summed E-state index contributed by atoms with van der Waals surface area (Å²) in [5, 5.41) is 0. The van der Waals surface area contributed by atoms with Gasteiger partial charge in [-0.3, -0.25) is 0 Å². The van der Waals surface area contributed by atoms with Crippen LogP contribution in [0.5, 0.6) is 5.88 Å². The first kappa shape index (κ1) is 12.1. The van der Waals surface area contributed by atoms with E-state index in [0.717, 1.165) is 5.82 Å². The van der Waals surface area contributed by atoms with E-state index in [1.165, 1.54) is 12.8 Å². The third kappa shape index (κ3) is 2.51. The molecule has 1 aliphatic carbocycles. The zero-order chi connectivity index (χ0) is 12.5. The molecule has 0 spiro atoms. The Bertz CT molecular complexity index is 390. The lowest BCUT2D eigenvalue weighted by atomic mass is 10.00. The lowest BCUT2D eigenvalue weighted by molar-refractivity contribution is 0.326. The molecule has 0 N–H and O–H groups in total. The molecule has 1 aliphatic rings. The average Bonchev–Trinajstić information content (AvgIpc) is 3.08. The molecular formula is C13H21N3O. The monoisotopic (exact) mass is 235 g/mol. The van der Waals surface area contributed by atoms with E-state index in [9.17, 15) is 0 Å². The van der Waals surface area contributed by atoms with Crippen LogP contribution in [0.25, 0.3) is 0 Å². The Hall–Kier alpha value is -1.32. The minimum atomic E-state index is 0.450. The quantitative estimate of drug-likeness (QED) is 0.786. The van der Waals surface area contributed by atoms with Gasteiger partial charge in [-0.15, -0.1) is 0 Å². The Kier molecular flexibility index (Phi) is 3.22. The maximum atomic E-state index is 5.40. The summed E-state index contributed by atoms with van der Waals surface area (Å²) in [5.74, 6) is 1.58. The van der Waals surface area contributed by atoms with Gasteiger partial charge >= 0.3 is 0 Å². The number of rotatable bonds is 5. The van der Waals surface area contributed by atoms with Crippen molar-refractivity contribution in [1.29, 1.82) is 0 Å². The van der Waals surface area contributed by atoms with E-state index in [4.69, 9.17) is 4.74 Å². The number of ether oxygens (including phenoxy) is 1. The molecule has 1 heterocycles. The summed E-state index contributed by atoms with van der Waals surface area (Å²) in [6, 6.07) is 2.40. The van der Waals surface area contributed by atoms with E-state index in [1.807, 2.05) is 13.0 Å². The molecule has 4 heteroatoms. The van der Waals surface area contributed by atoms with Gasteiger partial charge in [-0.25, -0.2) is 9.97 Å². The van der Waals surface area contributed by atoms with Gasteiger partial charge in [-0.05, 0) is 32.1 Å². The summed E-state index contributed by atoms with van der Waals surface area (Å²) in [7, 11) is 2.09. The van der Waals surface area contributed by atoms with Crippen molar-refractivity contribution in [3.8, 4) is 5.88 Å². The topological polar surface area (TPSA) is 38.2 Å². The molecule has 4 nitrogen and oxygen atoms in total. The highest BCUT2D eigenvalue weighted by Gasteiger charge is 2.44. The van der Waals surface area contributed by atoms with Gasteiger partial charge in [-0.2, -0.15) is 0 Å². The van der Waals surface area contributed by atoms with Gasteiger partial charge in [0.1, 0.15) is 12.1 Å². The lowest BCUT2D eigenvalue weighted by Crippen LogP contribution is -2.36. The second-order valence-corrected chi connectivity index (χ2v) is 5.09. The highest BCUT2D eigenvalue weighted by atomic mass is 16.5. The van der Waals surface area contributed by atoms with Gasteiger partial charge in [0.25, 0.3) is 0 Å². The van der Waals surface area contributed by atoms with Crippen LogP contribution in [-0.4, -0.2) is 29.7 Å². The fraction of sp³-hybridized carbons (Fsp3) is 0.692. The zero-order valence-corrected chi connectivity index (χ0v) is 11.1. The molecule has 0 radical (unpaired) electrons. The lowest BCUT2D eigenvalue weighted by Gasteiger charge is -2.30.